The molecule has 0 bridgehead atoms. The predicted octanol–water partition coefficient (Wildman–Crippen LogP) is -0.132. The van der Waals surface area contributed by atoms with E-state index < -0.39 is 0 Å². The molecule has 0 aromatic carbocycles. The Kier molecular flexibility index (Phi) is 1.40. The highest BCUT2D eigenvalue weighted by Gasteiger charge is 2.00. The third-order valence-corrected chi connectivity index (χ3v) is 1.72. The first-order valence-corrected chi connectivity index (χ1v) is 3.65. The lowest BCUT2D eigenvalue weighted by Crippen LogP contribution is -2.19. The summed E-state index contributed by atoms with van der Waals surface area (Å²) in [5.41, 5.74) is 0.821. The maximum absolute atomic E-state index is 10.9. The molecule has 12 heavy (non-hydrogen) atoms. The summed E-state index contributed by atoms with van der Waals surface area (Å²) in [6, 6.07) is 3.65. The van der Waals surface area contributed by atoms with E-state index in [1.54, 1.807) is 18.2 Å². The number of allylic oxidation sites excluding steroid dienone is 1. The van der Waals surface area contributed by atoms with Crippen LogP contribution in [0.2, 0.25) is 0 Å². The van der Waals surface area contributed by atoms with Gasteiger partial charge in [-0.15, -0.1) is 0 Å². The first kappa shape index (κ1) is 6.98. The molecule has 2 nitrogen and oxygen atoms in total. The van der Waals surface area contributed by atoms with E-state index in [0.29, 0.717) is 0 Å². The Morgan fingerprint density at radius 1 is 1.25 bits per heavy atom. The van der Waals surface area contributed by atoms with Crippen molar-refractivity contribution in [2.24, 2.45) is 0 Å². The first-order valence-electron chi connectivity index (χ1n) is 3.65. The van der Waals surface area contributed by atoms with Gasteiger partial charge in [-0.1, -0.05) is 12.6 Å². The predicted molar refractivity (Wildman–Crippen MR) is 47.5 cm³/mol. The second-order valence-electron chi connectivity index (χ2n) is 2.66. The monoisotopic (exact) mass is 157 g/mol. The van der Waals surface area contributed by atoms with Crippen LogP contribution in [-0.2, 0) is 4.79 Å². The van der Waals surface area contributed by atoms with Crippen LogP contribution in [0.5, 0.6) is 0 Å². The number of ketones is 1. The van der Waals surface area contributed by atoms with Gasteiger partial charge in [-0.2, -0.15) is 0 Å². The molecule has 1 aliphatic rings. The Morgan fingerprint density at radius 3 is 2.92 bits per heavy atom. The van der Waals surface area contributed by atoms with Crippen LogP contribution in [0.25, 0.3) is 18.7 Å². The number of hydrogen-bond donors (Lipinski definition) is 0. The van der Waals surface area contributed by atoms with Gasteiger partial charge in [0.1, 0.15) is 0 Å². The Morgan fingerprint density at radius 2 is 2.08 bits per heavy atom. The quantitative estimate of drug-likeness (QED) is 0.525. The van der Waals surface area contributed by atoms with Crippen molar-refractivity contribution in [3.63, 3.8) is 0 Å². The van der Waals surface area contributed by atoms with E-state index in [4.69, 9.17) is 0 Å². The molecule has 2 rings (SSSR count). The lowest BCUT2D eigenvalue weighted by Gasteiger charge is -1.98. The maximum Gasteiger partial charge on any atom is 0.179 e. The van der Waals surface area contributed by atoms with Crippen LogP contribution in [0, 0.1) is 0 Å². The largest absolute Gasteiger partial charge is 0.290 e. The van der Waals surface area contributed by atoms with Crippen molar-refractivity contribution in [1.82, 2.24) is 4.98 Å². The molecule has 1 aromatic rings. The normalized spacial score (nSPS) is 13.8. The molecule has 0 unspecified atom stereocenters. The van der Waals surface area contributed by atoms with E-state index in [0.717, 1.165) is 16.3 Å². The van der Waals surface area contributed by atoms with Gasteiger partial charge in [-0.25, -0.2) is 4.98 Å². The van der Waals surface area contributed by atoms with Crippen molar-refractivity contribution in [2.75, 3.05) is 0 Å². The van der Waals surface area contributed by atoms with Crippen molar-refractivity contribution < 1.29 is 4.79 Å². The van der Waals surface area contributed by atoms with Gasteiger partial charge in [-0.05, 0) is 24.3 Å². The molecule has 1 aliphatic carbocycles. The average Bonchev–Trinajstić information content (AvgIpc) is 2.05. The van der Waals surface area contributed by atoms with Gasteiger partial charge in [-0.3, -0.25) is 4.79 Å². The number of carbonyl (C=O) groups excluding carboxylic acids is 1. The highest BCUT2D eigenvalue weighted by Crippen LogP contribution is 1.94. The molecular formula is C10H7NO. The van der Waals surface area contributed by atoms with E-state index in [1.165, 1.54) is 6.08 Å². The number of pyridine rings is 1. The standard InChI is InChI=1S/C10H7NO/c1-7-2-3-8-6-9(12)4-5-10(8)11-7/h2-6H,1H2. The Balaban J connectivity index is 2.81. The van der Waals surface area contributed by atoms with Gasteiger partial charge in [0.2, 0.25) is 0 Å². The molecular weight excluding hydrogens is 150 g/mol. The highest BCUT2D eigenvalue weighted by atomic mass is 16.1. The summed E-state index contributed by atoms with van der Waals surface area (Å²) in [5, 5.41) is 1.59. The van der Waals surface area contributed by atoms with Crippen LogP contribution in [0.15, 0.2) is 18.2 Å². The molecule has 1 aromatic heterocycles. The Bertz CT molecular complexity index is 471. The summed E-state index contributed by atoms with van der Waals surface area (Å²) in [7, 11) is 0. The number of carbonyl (C=O) groups is 1. The Hall–Kier alpha value is -1.70. The summed E-state index contributed by atoms with van der Waals surface area (Å²) in [5.74, 6) is 0.0149. The minimum atomic E-state index is 0.0149. The lowest BCUT2D eigenvalue weighted by molar-refractivity contribution is -0.109. The zero-order chi connectivity index (χ0) is 8.55. The highest BCUT2D eigenvalue weighted by molar-refractivity contribution is 6.16. The SMILES string of the molecule is C=c1ccc2c(n1)C=CC(=O)C=2. The maximum atomic E-state index is 10.9. The number of aromatic nitrogens is 1. The van der Waals surface area contributed by atoms with Crippen LogP contribution in [-0.4, -0.2) is 10.8 Å². The van der Waals surface area contributed by atoms with Crippen molar-refractivity contribution in [1.29, 1.82) is 0 Å². The van der Waals surface area contributed by atoms with Gasteiger partial charge < -0.3 is 0 Å². The van der Waals surface area contributed by atoms with Crippen molar-refractivity contribution >= 4 is 24.5 Å². The fourth-order valence-corrected chi connectivity index (χ4v) is 1.15. The van der Waals surface area contributed by atoms with Crippen LogP contribution in [0.3, 0.4) is 0 Å². The second kappa shape index (κ2) is 2.41. The fourth-order valence-electron chi connectivity index (χ4n) is 1.15. The molecule has 58 valence electrons. The van der Waals surface area contributed by atoms with E-state index in [1.807, 2.05) is 6.07 Å². The molecule has 0 radical (unpaired) electrons. The van der Waals surface area contributed by atoms with Gasteiger partial charge >= 0.3 is 0 Å². The number of hydrogen-bond acceptors (Lipinski definition) is 2. The van der Waals surface area contributed by atoms with Gasteiger partial charge in [0.25, 0.3) is 0 Å². The molecule has 0 N–H and O–H groups in total. The summed E-state index contributed by atoms with van der Waals surface area (Å²) < 4.78 is 0. The zero-order valence-corrected chi connectivity index (χ0v) is 6.45. The van der Waals surface area contributed by atoms with E-state index in [9.17, 15) is 4.79 Å². The third-order valence-electron chi connectivity index (χ3n) is 1.72. The van der Waals surface area contributed by atoms with Crippen LogP contribution in [0.1, 0.15) is 5.69 Å². The van der Waals surface area contributed by atoms with Gasteiger partial charge in [0, 0.05) is 5.22 Å². The number of fused-ring (bicyclic) bond motifs is 1. The molecule has 0 saturated heterocycles. The summed E-state index contributed by atoms with van der Waals surface area (Å²) >= 11 is 0. The first-order chi connectivity index (χ1) is 5.75. The van der Waals surface area contributed by atoms with E-state index >= 15 is 0 Å². The minimum Gasteiger partial charge on any atom is -0.290 e. The smallest absolute Gasteiger partial charge is 0.179 e. The number of rotatable bonds is 0. The molecule has 0 amide bonds. The fraction of sp³-hybridized carbons (Fsp3) is 0. The second-order valence-corrected chi connectivity index (χ2v) is 2.66. The molecule has 0 atom stereocenters. The molecule has 0 spiro atoms. The summed E-state index contributed by atoms with van der Waals surface area (Å²) in [6.45, 7) is 3.70. The summed E-state index contributed by atoms with van der Waals surface area (Å²) in [4.78, 5) is 15.1. The van der Waals surface area contributed by atoms with Crippen molar-refractivity contribution in [3.8, 4) is 0 Å². The zero-order valence-electron chi connectivity index (χ0n) is 6.45. The van der Waals surface area contributed by atoms with Crippen LogP contribution in [0.4, 0.5) is 0 Å². The van der Waals surface area contributed by atoms with E-state index in [-0.39, 0.29) is 5.78 Å². The van der Waals surface area contributed by atoms with Gasteiger partial charge in [0.05, 0.1) is 11.0 Å². The van der Waals surface area contributed by atoms with Gasteiger partial charge in [0.15, 0.2) is 5.78 Å². The molecule has 2 heteroatoms. The Labute approximate surface area is 69.6 Å². The third kappa shape index (κ3) is 1.07. The lowest BCUT2D eigenvalue weighted by atomic mass is 10.1. The average molecular weight is 157 g/mol. The minimum absolute atomic E-state index is 0.0149. The van der Waals surface area contributed by atoms with Crippen molar-refractivity contribution in [3.05, 3.63) is 34.5 Å². The van der Waals surface area contributed by atoms with E-state index in [2.05, 4.69) is 11.6 Å². The number of nitrogens with zero attached hydrogens (tertiary/aromatic N) is 1. The van der Waals surface area contributed by atoms with Crippen LogP contribution < -0.4 is 10.6 Å². The molecule has 1 heterocycles. The molecule has 0 saturated carbocycles. The molecule has 0 aliphatic heterocycles. The van der Waals surface area contributed by atoms with Crippen LogP contribution >= 0.6 is 0 Å². The topological polar surface area (TPSA) is 30.0 Å². The van der Waals surface area contributed by atoms with Crippen molar-refractivity contribution in [2.45, 2.75) is 0 Å². The molecule has 0 fully saturated rings. The summed E-state index contributed by atoms with van der Waals surface area (Å²) in [6.07, 6.45) is 4.79.